The SMILES string of the molecule is COC(=O)c1sccc1NC(=O)COc1ccc(F)cc1Br. The highest BCUT2D eigenvalue weighted by Gasteiger charge is 2.16. The highest BCUT2D eigenvalue weighted by molar-refractivity contribution is 9.10. The zero-order chi connectivity index (χ0) is 16.1. The maximum Gasteiger partial charge on any atom is 0.350 e. The molecule has 8 heteroatoms. The van der Waals surface area contributed by atoms with Crippen molar-refractivity contribution in [3.05, 3.63) is 44.8 Å². The second-order valence-electron chi connectivity index (χ2n) is 4.07. The van der Waals surface area contributed by atoms with Crippen LogP contribution >= 0.6 is 27.3 Å². The molecule has 2 aromatic rings. The van der Waals surface area contributed by atoms with Gasteiger partial charge in [-0.05, 0) is 45.6 Å². The van der Waals surface area contributed by atoms with E-state index in [1.165, 1.54) is 25.3 Å². The first-order valence-electron chi connectivity index (χ1n) is 6.04. The number of nitrogens with one attached hydrogen (secondary N) is 1. The van der Waals surface area contributed by atoms with Crippen molar-refractivity contribution in [3.63, 3.8) is 0 Å². The van der Waals surface area contributed by atoms with Crippen LogP contribution in [0.25, 0.3) is 0 Å². The zero-order valence-electron chi connectivity index (χ0n) is 11.4. The minimum Gasteiger partial charge on any atom is -0.483 e. The quantitative estimate of drug-likeness (QED) is 0.797. The minimum absolute atomic E-state index is 0.277. The summed E-state index contributed by atoms with van der Waals surface area (Å²) in [6, 6.07) is 5.48. The van der Waals surface area contributed by atoms with Crippen LogP contribution in [0, 0.1) is 5.82 Å². The Bertz CT molecular complexity index is 704. The summed E-state index contributed by atoms with van der Waals surface area (Å²) in [5.41, 5.74) is 0.364. The lowest BCUT2D eigenvalue weighted by Crippen LogP contribution is -2.21. The Balaban J connectivity index is 1.96. The van der Waals surface area contributed by atoms with Crippen LogP contribution < -0.4 is 10.1 Å². The number of amides is 1. The lowest BCUT2D eigenvalue weighted by atomic mass is 10.3. The van der Waals surface area contributed by atoms with Gasteiger partial charge in [0, 0.05) is 0 Å². The topological polar surface area (TPSA) is 64.6 Å². The molecule has 0 atom stereocenters. The molecule has 22 heavy (non-hydrogen) atoms. The monoisotopic (exact) mass is 387 g/mol. The highest BCUT2D eigenvalue weighted by atomic mass is 79.9. The van der Waals surface area contributed by atoms with Gasteiger partial charge >= 0.3 is 5.97 Å². The lowest BCUT2D eigenvalue weighted by Gasteiger charge is -2.09. The number of ether oxygens (including phenoxy) is 2. The van der Waals surface area contributed by atoms with E-state index < -0.39 is 17.7 Å². The molecule has 0 aliphatic heterocycles. The highest BCUT2D eigenvalue weighted by Crippen LogP contribution is 2.26. The molecule has 1 amide bonds. The molecule has 1 heterocycles. The second-order valence-corrected chi connectivity index (χ2v) is 5.84. The Morgan fingerprint density at radius 1 is 1.36 bits per heavy atom. The maximum atomic E-state index is 12.9. The minimum atomic E-state index is -0.521. The molecule has 5 nitrogen and oxygen atoms in total. The van der Waals surface area contributed by atoms with Gasteiger partial charge in [-0.15, -0.1) is 11.3 Å². The van der Waals surface area contributed by atoms with Crippen LogP contribution in [0.4, 0.5) is 10.1 Å². The maximum absolute atomic E-state index is 12.9. The van der Waals surface area contributed by atoms with Crippen molar-refractivity contribution in [2.24, 2.45) is 0 Å². The first kappa shape index (κ1) is 16.4. The summed E-state index contributed by atoms with van der Waals surface area (Å²) >= 11 is 4.31. The molecule has 0 bridgehead atoms. The third kappa shape index (κ3) is 4.05. The van der Waals surface area contributed by atoms with Crippen LogP contribution in [-0.2, 0) is 9.53 Å². The molecule has 1 aromatic heterocycles. The molecule has 116 valence electrons. The normalized spacial score (nSPS) is 10.1. The van der Waals surface area contributed by atoms with E-state index in [9.17, 15) is 14.0 Å². The van der Waals surface area contributed by atoms with E-state index in [-0.39, 0.29) is 6.61 Å². The number of benzene rings is 1. The van der Waals surface area contributed by atoms with Crippen LogP contribution in [0.5, 0.6) is 5.75 Å². The van der Waals surface area contributed by atoms with Gasteiger partial charge in [0.1, 0.15) is 16.4 Å². The summed E-state index contributed by atoms with van der Waals surface area (Å²) in [7, 11) is 1.27. The number of halogens is 2. The van der Waals surface area contributed by atoms with Gasteiger partial charge in [-0.25, -0.2) is 9.18 Å². The molecule has 0 spiro atoms. The van der Waals surface area contributed by atoms with Gasteiger partial charge in [0.25, 0.3) is 5.91 Å². The fourth-order valence-electron chi connectivity index (χ4n) is 1.58. The molecule has 1 aromatic carbocycles. The van der Waals surface area contributed by atoms with Crippen molar-refractivity contribution in [1.82, 2.24) is 0 Å². The van der Waals surface area contributed by atoms with Crippen LogP contribution in [-0.4, -0.2) is 25.6 Å². The van der Waals surface area contributed by atoms with Crippen molar-refractivity contribution in [3.8, 4) is 5.75 Å². The smallest absolute Gasteiger partial charge is 0.350 e. The van der Waals surface area contributed by atoms with Crippen molar-refractivity contribution >= 4 is 44.8 Å². The van der Waals surface area contributed by atoms with Gasteiger partial charge in [0.05, 0.1) is 17.3 Å². The largest absolute Gasteiger partial charge is 0.483 e. The Morgan fingerprint density at radius 3 is 2.82 bits per heavy atom. The molecule has 0 saturated carbocycles. The van der Waals surface area contributed by atoms with Crippen molar-refractivity contribution in [2.45, 2.75) is 0 Å². The Hall–Kier alpha value is -1.93. The van der Waals surface area contributed by atoms with Crippen molar-refractivity contribution in [1.29, 1.82) is 0 Å². The molecule has 2 rings (SSSR count). The number of thiophene rings is 1. The number of methoxy groups -OCH3 is 1. The van der Waals surface area contributed by atoms with E-state index in [0.29, 0.717) is 20.8 Å². The second kappa shape index (κ2) is 7.37. The zero-order valence-corrected chi connectivity index (χ0v) is 13.8. The number of hydrogen-bond donors (Lipinski definition) is 1. The fourth-order valence-corrected chi connectivity index (χ4v) is 2.81. The third-order valence-electron chi connectivity index (χ3n) is 2.56. The van der Waals surface area contributed by atoms with E-state index in [1.807, 2.05) is 0 Å². The van der Waals surface area contributed by atoms with Crippen LogP contribution in [0.1, 0.15) is 9.67 Å². The molecule has 0 aliphatic carbocycles. The molecule has 1 N–H and O–H groups in total. The molecule has 0 fully saturated rings. The number of hydrogen-bond acceptors (Lipinski definition) is 5. The van der Waals surface area contributed by atoms with E-state index in [4.69, 9.17) is 4.74 Å². The predicted molar refractivity (Wildman–Crippen MR) is 83.9 cm³/mol. The van der Waals surface area contributed by atoms with Gasteiger partial charge in [-0.3, -0.25) is 4.79 Å². The van der Waals surface area contributed by atoms with Crippen LogP contribution in [0.3, 0.4) is 0 Å². The Labute approximate surface area is 138 Å². The van der Waals surface area contributed by atoms with Gasteiger partial charge in [0.2, 0.25) is 0 Å². The predicted octanol–water partition coefficient (Wildman–Crippen LogP) is 3.45. The molecule has 0 radical (unpaired) electrons. The summed E-state index contributed by atoms with van der Waals surface area (Å²) in [6.07, 6.45) is 0. The molecular weight excluding hydrogens is 377 g/mol. The average Bonchev–Trinajstić information content (AvgIpc) is 2.93. The van der Waals surface area contributed by atoms with Crippen LogP contribution in [0.2, 0.25) is 0 Å². The van der Waals surface area contributed by atoms with Gasteiger partial charge in [-0.2, -0.15) is 0 Å². The number of rotatable bonds is 5. The number of carbonyl (C=O) groups excluding carboxylic acids is 2. The lowest BCUT2D eigenvalue weighted by molar-refractivity contribution is -0.118. The first-order valence-corrected chi connectivity index (χ1v) is 7.72. The third-order valence-corrected chi connectivity index (χ3v) is 4.08. The van der Waals surface area contributed by atoms with E-state index in [1.54, 1.807) is 11.4 Å². The average molecular weight is 388 g/mol. The summed E-state index contributed by atoms with van der Waals surface area (Å²) in [5.74, 6) is -1.04. The molecule has 0 aliphatic rings. The number of anilines is 1. The van der Waals surface area contributed by atoms with Gasteiger partial charge < -0.3 is 14.8 Å². The fraction of sp³-hybridized carbons (Fsp3) is 0.143. The van der Waals surface area contributed by atoms with Crippen LogP contribution in [0.15, 0.2) is 34.1 Å². The first-order chi connectivity index (χ1) is 10.5. The number of esters is 1. The van der Waals surface area contributed by atoms with E-state index in [2.05, 4.69) is 26.0 Å². The van der Waals surface area contributed by atoms with Crippen molar-refractivity contribution in [2.75, 3.05) is 19.0 Å². The summed E-state index contributed by atoms with van der Waals surface area (Å²) in [4.78, 5) is 23.7. The molecule has 0 saturated heterocycles. The Morgan fingerprint density at radius 2 is 2.14 bits per heavy atom. The van der Waals surface area contributed by atoms with Gasteiger partial charge in [-0.1, -0.05) is 0 Å². The van der Waals surface area contributed by atoms with Gasteiger partial charge in [0.15, 0.2) is 6.61 Å². The molecular formula is C14H11BrFNO4S. The summed E-state index contributed by atoms with van der Waals surface area (Å²) in [6.45, 7) is -0.277. The van der Waals surface area contributed by atoms with Crippen molar-refractivity contribution < 1.29 is 23.5 Å². The van der Waals surface area contributed by atoms with E-state index >= 15 is 0 Å². The molecule has 0 unspecified atom stereocenters. The summed E-state index contributed by atoms with van der Waals surface area (Å²) in [5, 5.41) is 4.23. The number of carbonyl (C=O) groups is 2. The summed E-state index contributed by atoms with van der Waals surface area (Å²) < 4.78 is 23.3. The Kier molecular flexibility index (Phi) is 5.51. The standard InChI is InChI=1S/C14H11BrFNO4S/c1-20-14(19)13-10(4-5-22-13)17-12(18)7-21-11-3-2-8(16)6-9(11)15/h2-6H,7H2,1H3,(H,17,18). The van der Waals surface area contributed by atoms with E-state index in [0.717, 1.165) is 11.3 Å².